The largest absolute Gasteiger partial charge is 0.350 e. The molecule has 0 bridgehead atoms. The molecule has 0 fully saturated rings. The van der Waals surface area contributed by atoms with E-state index in [2.05, 4.69) is 16.0 Å². The van der Waals surface area contributed by atoms with Gasteiger partial charge in [-0.2, -0.15) is 0 Å². The molecule has 0 aromatic heterocycles. The zero-order valence-electron chi connectivity index (χ0n) is 14.4. The number of carbonyl (C=O) groups excluding carboxylic acids is 2. The number of hydrogen-bond acceptors (Lipinski definition) is 2. The molecule has 2 aromatic rings. The average Bonchev–Trinajstić information content (AvgIpc) is 2.62. The number of nitrogens with one attached hydrogen (secondary N) is 3. The Bertz CT molecular complexity index is 764. The first-order valence-corrected chi connectivity index (χ1v) is 8.26. The molecule has 0 spiro atoms. The lowest BCUT2D eigenvalue weighted by Gasteiger charge is -2.09. The summed E-state index contributed by atoms with van der Waals surface area (Å²) in [6.45, 7) is 2.49. The number of urea groups is 1. The minimum absolute atomic E-state index is 0.222. The average molecular weight is 361 g/mol. The van der Waals surface area contributed by atoms with Gasteiger partial charge in [0, 0.05) is 25.2 Å². The Hall–Kier alpha value is -2.96. The topological polar surface area (TPSA) is 70.2 Å². The van der Waals surface area contributed by atoms with Gasteiger partial charge in [0.25, 0.3) is 5.91 Å². The van der Waals surface area contributed by atoms with Crippen molar-refractivity contribution in [2.24, 2.45) is 0 Å². The fourth-order valence-electron chi connectivity index (χ4n) is 2.22. The van der Waals surface area contributed by atoms with E-state index < -0.39 is 11.7 Å². The third-order valence-electron chi connectivity index (χ3n) is 3.74. The van der Waals surface area contributed by atoms with Crippen molar-refractivity contribution < 1.29 is 18.4 Å². The minimum Gasteiger partial charge on any atom is -0.350 e. The van der Waals surface area contributed by atoms with Crippen LogP contribution in [0.15, 0.2) is 42.5 Å². The molecule has 0 aliphatic carbocycles. The summed E-state index contributed by atoms with van der Waals surface area (Å²) in [5.74, 6) is -1.13. The van der Waals surface area contributed by atoms with Crippen molar-refractivity contribution in [1.29, 1.82) is 0 Å². The maximum atomic E-state index is 13.4. The normalized spacial score (nSPS) is 10.3. The molecule has 138 valence electrons. The van der Waals surface area contributed by atoms with Gasteiger partial charge in [-0.15, -0.1) is 0 Å². The van der Waals surface area contributed by atoms with Crippen molar-refractivity contribution in [2.75, 3.05) is 19.6 Å². The van der Waals surface area contributed by atoms with Gasteiger partial charge in [-0.1, -0.05) is 18.2 Å². The molecule has 2 aromatic carbocycles. The van der Waals surface area contributed by atoms with Crippen LogP contribution in [-0.2, 0) is 6.42 Å². The highest BCUT2D eigenvalue weighted by atomic mass is 19.1. The van der Waals surface area contributed by atoms with Crippen LogP contribution in [0, 0.1) is 18.6 Å². The first kappa shape index (κ1) is 19.4. The van der Waals surface area contributed by atoms with Gasteiger partial charge < -0.3 is 16.0 Å². The molecule has 7 heteroatoms. The molecule has 0 atom stereocenters. The monoisotopic (exact) mass is 361 g/mol. The van der Waals surface area contributed by atoms with Gasteiger partial charge in [-0.05, 0) is 48.7 Å². The lowest BCUT2D eigenvalue weighted by Crippen LogP contribution is -2.40. The second-order valence-electron chi connectivity index (χ2n) is 5.78. The fraction of sp³-hybridized carbons (Fsp3) is 0.263. The molecule has 0 saturated carbocycles. The molecule has 0 unspecified atom stereocenters. The summed E-state index contributed by atoms with van der Waals surface area (Å²) >= 11 is 0. The Kier molecular flexibility index (Phi) is 7.08. The summed E-state index contributed by atoms with van der Waals surface area (Å²) in [6, 6.07) is 9.98. The molecule has 0 aliphatic rings. The summed E-state index contributed by atoms with van der Waals surface area (Å²) in [5, 5.41) is 7.88. The van der Waals surface area contributed by atoms with E-state index in [1.54, 1.807) is 25.1 Å². The van der Waals surface area contributed by atoms with Gasteiger partial charge in [0.1, 0.15) is 11.6 Å². The van der Waals surface area contributed by atoms with Crippen LogP contribution in [0.4, 0.5) is 13.6 Å². The molecular weight excluding hydrogens is 340 g/mol. The van der Waals surface area contributed by atoms with Gasteiger partial charge in [0.05, 0.1) is 0 Å². The van der Waals surface area contributed by atoms with E-state index in [1.807, 2.05) is 0 Å². The lowest BCUT2D eigenvalue weighted by atomic mass is 10.1. The first-order chi connectivity index (χ1) is 12.5. The Morgan fingerprint density at radius 3 is 2.23 bits per heavy atom. The predicted molar refractivity (Wildman–Crippen MR) is 95.0 cm³/mol. The standard InChI is InChI=1S/C19H21F2N3O2/c1-13-2-5-15(12-17(13)21)18(25)22-10-11-24-19(26)23-9-8-14-3-6-16(20)7-4-14/h2-7,12H,8-11H2,1H3,(H,22,25)(H2,23,24,26). The van der Waals surface area contributed by atoms with Crippen molar-refractivity contribution in [3.63, 3.8) is 0 Å². The van der Waals surface area contributed by atoms with Crippen molar-refractivity contribution in [2.45, 2.75) is 13.3 Å². The second kappa shape index (κ2) is 9.50. The fourth-order valence-corrected chi connectivity index (χ4v) is 2.22. The molecule has 3 amide bonds. The van der Waals surface area contributed by atoms with E-state index in [1.165, 1.54) is 24.3 Å². The van der Waals surface area contributed by atoms with Crippen molar-refractivity contribution in [1.82, 2.24) is 16.0 Å². The zero-order chi connectivity index (χ0) is 18.9. The molecular formula is C19H21F2N3O2. The summed E-state index contributed by atoms with van der Waals surface area (Å²) in [7, 11) is 0. The van der Waals surface area contributed by atoms with Gasteiger partial charge in [0.15, 0.2) is 0 Å². The number of hydrogen-bond donors (Lipinski definition) is 3. The highest BCUT2D eigenvalue weighted by Gasteiger charge is 2.07. The van der Waals surface area contributed by atoms with E-state index >= 15 is 0 Å². The maximum Gasteiger partial charge on any atom is 0.314 e. The number of aryl methyl sites for hydroxylation is 1. The number of benzene rings is 2. The van der Waals surface area contributed by atoms with Crippen LogP contribution in [0.5, 0.6) is 0 Å². The minimum atomic E-state index is -0.434. The van der Waals surface area contributed by atoms with Gasteiger partial charge in [0.2, 0.25) is 0 Å². The van der Waals surface area contributed by atoms with Crippen LogP contribution in [0.2, 0.25) is 0 Å². The smallest absolute Gasteiger partial charge is 0.314 e. The second-order valence-corrected chi connectivity index (χ2v) is 5.78. The van der Waals surface area contributed by atoms with Crippen molar-refractivity contribution in [3.8, 4) is 0 Å². The zero-order valence-corrected chi connectivity index (χ0v) is 14.4. The number of carbonyl (C=O) groups is 2. The van der Waals surface area contributed by atoms with Gasteiger partial charge in [-0.25, -0.2) is 13.6 Å². The van der Waals surface area contributed by atoms with Crippen LogP contribution >= 0.6 is 0 Å². The Morgan fingerprint density at radius 2 is 1.54 bits per heavy atom. The van der Waals surface area contributed by atoms with Crippen LogP contribution in [0.25, 0.3) is 0 Å². The number of amides is 3. The molecule has 0 heterocycles. The highest BCUT2D eigenvalue weighted by molar-refractivity contribution is 5.94. The predicted octanol–water partition coefficient (Wildman–Crippen LogP) is 2.54. The summed E-state index contributed by atoms with van der Waals surface area (Å²) < 4.78 is 26.2. The van der Waals surface area contributed by atoms with Crippen LogP contribution in [-0.4, -0.2) is 31.6 Å². The van der Waals surface area contributed by atoms with Crippen molar-refractivity contribution >= 4 is 11.9 Å². The molecule has 0 saturated heterocycles. The van der Waals surface area contributed by atoms with E-state index in [-0.39, 0.29) is 30.5 Å². The molecule has 2 rings (SSSR count). The van der Waals surface area contributed by atoms with E-state index in [0.29, 0.717) is 18.5 Å². The third kappa shape index (κ3) is 6.16. The maximum absolute atomic E-state index is 13.4. The number of halogens is 2. The molecule has 3 N–H and O–H groups in total. The van der Waals surface area contributed by atoms with Gasteiger partial charge in [-0.3, -0.25) is 4.79 Å². The van der Waals surface area contributed by atoms with Crippen LogP contribution in [0.3, 0.4) is 0 Å². The Balaban J connectivity index is 1.61. The lowest BCUT2D eigenvalue weighted by molar-refractivity contribution is 0.0953. The highest BCUT2D eigenvalue weighted by Crippen LogP contribution is 2.08. The summed E-state index contributed by atoms with van der Waals surface area (Å²) in [5.41, 5.74) is 1.63. The van der Waals surface area contributed by atoms with Crippen LogP contribution in [0.1, 0.15) is 21.5 Å². The SMILES string of the molecule is Cc1ccc(C(=O)NCCNC(=O)NCCc2ccc(F)cc2)cc1F. The molecule has 0 aliphatic heterocycles. The summed E-state index contributed by atoms with van der Waals surface area (Å²) in [4.78, 5) is 23.5. The van der Waals surface area contributed by atoms with Crippen LogP contribution < -0.4 is 16.0 Å². The van der Waals surface area contributed by atoms with Gasteiger partial charge >= 0.3 is 6.03 Å². The molecule has 5 nitrogen and oxygen atoms in total. The van der Waals surface area contributed by atoms with Crippen molar-refractivity contribution in [3.05, 3.63) is 70.8 Å². The third-order valence-corrected chi connectivity index (χ3v) is 3.74. The van der Waals surface area contributed by atoms with E-state index in [4.69, 9.17) is 0 Å². The molecule has 26 heavy (non-hydrogen) atoms. The first-order valence-electron chi connectivity index (χ1n) is 8.26. The quantitative estimate of drug-likeness (QED) is 0.664. The Labute approximate surface area is 150 Å². The molecule has 0 radical (unpaired) electrons. The number of rotatable bonds is 7. The van der Waals surface area contributed by atoms with E-state index in [0.717, 1.165) is 5.56 Å². The Morgan fingerprint density at radius 1 is 0.885 bits per heavy atom. The van der Waals surface area contributed by atoms with E-state index in [9.17, 15) is 18.4 Å². The summed E-state index contributed by atoms with van der Waals surface area (Å²) in [6.07, 6.45) is 0.587.